The van der Waals surface area contributed by atoms with Crippen LogP contribution in [0.3, 0.4) is 0 Å². The Kier molecular flexibility index (Phi) is 3.75. The minimum Gasteiger partial charge on any atom is -0.451 e. The number of rotatable bonds is 3. The van der Waals surface area contributed by atoms with Crippen LogP contribution in [-0.2, 0) is 0 Å². The molecule has 1 aromatic heterocycles. The van der Waals surface area contributed by atoms with Gasteiger partial charge in [0.15, 0.2) is 5.76 Å². The van der Waals surface area contributed by atoms with Crippen molar-refractivity contribution in [2.75, 3.05) is 5.32 Å². The third-order valence-corrected chi connectivity index (χ3v) is 3.62. The number of anilines is 1. The van der Waals surface area contributed by atoms with Crippen molar-refractivity contribution in [3.05, 3.63) is 68.9 Å². The van der Waals surface area contributed by atoms with Crippen molar-refractivity contribution in [1.29, 1.82) is 0 Å². The molecule has 7 heteroatoms. The molecule has 6 nitrogen and oxygen atoms in total. The largest absolute Gasteiger partial charge is 0.451 e. The second kappa shape index (κ2) is 5.73. The van der Waals surface area contributed by atoms with E-state index >= 15 is 0 Å². The van der Waals surface area contributed by atoms with Crippen LogP contribution in [-0.4, -0.2) is 10.8 Å². The zero-order chi connectivity index (χ0) is 16.6. The van der Waals surface area contributed by atoms with E-state index in [9.17, 15) is 14.9 Å². The molecule has 3 aromatic rings. The summed E-state index contributed by atoms with van der Waals surface area (Å²) in [5, 5.41) is 14.7. The van der Waals surface area contributed by atoms with Crippen molar-refractivity contribution < 1.29 is 14.1 Å². The van der Waals surface area contributed by atoms with Crippen LogP contribution in [0.2, 0.25) is 5.02 Å². The first-order valence-corrected chi connectivity index (χ1v) is 7.07. The third-order valence-electron chi connectivity index (χ3n) is 3.38. The summed E-state index contributed by atoms with van der Waals surface area (Å²) < 4.78 is 5.47. The number of fused-ring (bicyclic) bond motifs is 1. The molecule has 0 radical (unpaired) electrons. The zero-order valence-corrected chi connectivity index (χ0v) is 12.8. The molecule has 0 spiro atoms. The Morgan fingerprint density at radius 2 is 2.00 bits per heavy atom. The van der Waals surface area contributed by atoms with E-state index in [2.05, 4.69) is 5.32 Å². The number of amides is 1. The first-order chi connectivity index (χ1) is 10.9. The highest BCUT2D eigenvalue weighted by Crippen LogP contribution is 2.25. The molecule has 23 heavy (non-hydrogen) atoms. The Bertz CT molecular complexity index is 933. The van der Waals surface area contributed by atoms with Crippen LogP contribution < -0.4 is 5.32 Å². The van der Waals surface area contributed by atoms with Crippen molar-refractivity contribution in [3.8, 4) is 0 Å². The number of nitro benzene ring substituents is 1. The molecular weight excluding hydrogens is 320 g/mol. The van der Waals surface area contributed by atoms with Crippen molar-refractivity contribution in [2.45, 2.75) is 6.92 Å². The molecule has 0 saturated carbocycles. The van der Waals surface area contributed by atoms with Gasteiger partial charge >= 0.3 is 0 Å². The van der Waals surface area contributed by atoms with Gasteiger partial charge in [0.05, 0.1) is 10.6 Å². The molecule has 0 unspecified atom stereocenters. The third kappa shape index (κ3) is 3.02. The fraction of sp³-hybridized carbons (Fsp3) is 0.0625. The lowest BCUT2D eigenvalue weighted by Gasteiger charge is -2.06. The van der Waals surface area contributed by atoms with E-state index in [1.807, 2.05) is 0 Å². The second-order valence-corrected chi connectivity index (χ2v) is 5.44. The second-order valence-electron chi connectivity index (χ2n) is 5.00. The summed E-state index contributed by atoms with van der Waals surface area (Å²) in [7, 11) is 0. The summed E-state index contributed by atoms with van der Waals surface area (Å²) in [6.07, 6.45) is 0. The average molecular weight is 331 g/mol. The molecule has 0 aliphatic carbocycles. The number of aryl methyl sites for hydroxylation is 1. The van der Waals surface area contributed by atoms with Gasteiger partial charge in [0, 0.05) is 22.5 Å². The number of carbonyl (C=O) groups excluding carboxylic acids is 1. The Balaban J connectivity index is 1.91. The lowest BCUT2D eigenvalue weighted by atomic mass is 10.1. The highest BCUT2D eigenvalue weighted by atomic mass is 35.5. The predicted octanol–water partition coefficient (Wildman–Crippen LogP) is 4.56. The normalized spacial score (nSPS) is 10.7. The quantitative estimate of drug-likeness (QED) is 0.563. The molecule has 116 valence electrons. The van der Waals surface area contributed by atoms with Gasteiger partial charge < -0.3 is 9.73 Å². The number of nitrogens with zero attached hydrogens (tertiary/aromatic N) is 1. The number of benzene rings is 2. The molecule has 1 N–H and O–H groups in total. The summed E-state index contributed by atoms with van der Waals surface area (Å²) in [6.45, 7) is 1.75. The van der Waals surface area contributed by atoms with Gasteiger partial charge in [-0.05, 0) is 36.8 Å². The number of carbonyl (C=O) groups is 1. The standard InChI is InChI=1S/C16H11ClN2O4/c1-9-2-4-12(19(21)22)8-13(9)18-16(20)15-7-10-6-11(17)3-5-14(10)23-15/h2-8H,1H3,(H,18,20). The average Bonchev–Trinajstić information content (AvgIpc) is 2.92. The van der Waals surface area contributed by atoms with Gasteiger partial charge in [0.25, 0.3) is 11.6 Å². The Labute approximate surface area is 135 Å². The first kappa shape index (κ1) is 15.1. The summed E-state index contributed by atoms with van der Waals surface area (Å²) in [5.74, 6) is -0.380. The van der Waals surface area contributed by atoms with E-state index in [0.717, 1.165) is 0 Å². The molecule has 3 rings (SSSR count). The van der Waals surface area contributed by atoms with Crippen molar-refractivity contribution in [3.63, 3.8) is 0 Å². The van der Waals surface area contributed by atoms with E-state index in [1.165, 1.54) is 12.1 Å². The molecule has 0 atom stereocenters. The molecule has 0 saturated heterocycles. The minimum atomic E-state index is -0.516. The maximum atomic E-state index is 12.3. The SMILES string of the molecule is Cc1ccc([N+](=O)[O-])cc1NC(=O)c1cc2cc(Cl)ccc2o1. The van der Waals surface area contributed by atoms with Gasteiger partial charge in [-0.2, -0.15) is 0 Å². The van der Waals surface area contributed by atoms with E-state index in [-0.39, 0.29) is 11.4 Å². The summed E-state index contributed by atoms with van der Waals surface area (Å²) >= 11 is 5.90. The topological polar surface area (TPSA) is 85.4 Å². The van der Waals surface area contributed by atoms with E-state index in [1.54, 1.807) is 37.3 Å². The maximum absolute atomic E-state index is 12.3. The smallest absolute Gasteiger partial charge is 0.291 e. The number of hydrogen-bond donors (Lipinski definition) is 1. The number of halogens is 1. The predicted molar refractivity (Wildman–Crippen MR) is 87.0 cm³/mol. The van der Waals surface area contributed by atoms with Crippen LogP contribution in [0.5, 0.6) is 0 Å². The molecule has 0 bridgehead atoms. The molecule has 0 aliphatic rings. The van der Waals surface area contributed by atoms with Crippen LogP contribution in [0.25, 0.3) is 11.0 Å². The number of non-ortho nitro benzene ring substituents is 1. The number of nitrogens with one attached hydrogen (secondary N) is 1. The van der Waals surface area contributed by atoms with Crippen LogP contribution >= 0.6 is 11.6 Å². The Morgan fingerprint density at radius 3 is 2.74 bits per heavy atom. The van der Waals surface area contributed by atoms with Crippen LogP contribution in [0.15, 0.2) is 46.9 Å². The monoisotopic (exact) mass is 330 g/mol. The summed E-state index contributed by atoms with van der Waals surface area (Å²) in [5.41, 5.74) is 1.52. The van der Waals surface area contributed by atoms with Crippen molar-refractivity contribution in [1.82, 2.24) is 0 Å². The molecule has 1 heterocycles. The first-order valence-electron chi connectivity index (χ1n) is 6.69. The molecule has 1 amide bonds. The van der Waals surface area contributed by atoms with E-state index < -0.39 is 10.8 Å². The van der Waals surface area contributed by atoms with Gasteiger partial charge in [-0.15, -0.1) is 0 Å². The van der Waals surface area contributed by atoms with Crippen molar-refractivity contribution in [2.24, 2.45) is 0 Å². The fourth-order valence-electron chi connectivity index (χ4n) is 2.17. The highest BCUT2D eigenvalue weighted by molar-refractivity contribution is 6.31. The number of hydrogen-bond acceptors (Lipinski definition) is 4. The molecular formula is C16H11ClN2O4. The van der Waals surface area contributed by atoms with E-state index in [0.29, 0.717) is 27.2 Å². The minimum absolute atomic E-state index is 0.0951. The molecule has 0 aliphatic heterocycles. The fourth-order valence-corrected chi connectivity index (χ4v) is 2.35. The van der Waals surface area contributed by atoms with Gasteiger partial charge in [-0.25, -0.2) is 0 Å². The van der Waals surface area contributed by atoms with Crippen molar-refractivity contribution >= 4 is 39.9 Å². The summed E-state index contributed by atoms with van der Waals surface area (Å²) in [6, 6.07) is 10.9. The summed E-state index contributed by atoms with van der Waals surface area (Å²) in [4.78, 5) is 22.6. The Hall–Kier alpha value is -2.86. The van der Waals surface area contributed by atoms with Gasteiger partial charge in [-0.1, -0.05) is 17.7 Å². The van der Waals surface area contributed by atoms with E-state index in [4.69, 9.17) is 16.0 Å². The number of nitro groups is 1. The lowest BCUT2D eigenvalue weighted by Crippen LogP contribution is -2.12. The highest BCUT2D eigenvalue weighted by Gasteiger charge is 2.16. The van der Waals surface area contributed by atoms with Crippen LogP contribution in [0.4, 0.5) is 11.4 Å². The van der Waals surface area contributed by atoms with Crippen LogP contribution in [0.1, 0.15) is 16.1 Å². The van der Waals surface area contributed by atoms with Gasteiger partial charge in [-0.3, -0.25) is 14.9 Å². The Morgan fingerprint density at radius 1 is 1.22 bits per heavy atom. The van der Waals surface area contributed by atoms with Gasteiger partial charge in [0.1, 0.15) is 5.58 Å². The molecule has 0 fully saturated rings. The molecule has 2 aromatic carbocycles. The van der Waals surface area contributed by atoms with Crippen LogP contribution in [0, 0.1) is 17.0 Å². The maximum Gasteiger partial charge on any atom is 0.291 e. The zero-order valence-electron chi connectivity index (χ0n) is 12.0. The van der Waals surface area contributed by atoms with Gasteiger partial charge in [0.2, 0.25) is 0 Å². The lowest BCUT2D eigenvalue weighted by molar-refractivity contribution is -0.384. The number of furan rings is 1.